The third-order valence-corrected chi connectivity index (χ3v) is 3.30. The van der Waals surface area contributed by atoms with Crippen LogP contribution in [0.1, 0.15) is 32.6 Å². The van der Waals surface area contributed by atoms with Crippen molar-refractivity contribution in [2.45, 2.75) is 44.8 Å². The van der Waals surface area contributed by atoms with E-state index in [2.05, 4.69) is 17.2 Å². The maximum absolute atomic E-state index is 6.01. The molecule has 2 unspecified atom stereocenters. The number of aromatic nitrogens is 1. The van der Waals surface area contributed by atoms with Crippen LogP contribution >= 0.6 is 0 Å². The van der Waals surface area contributed by atoms with E-state index in [1.165, 1.54) is 6.42 Å². The van der Waals surface area contributed by atoms with Crippen molar-refractivity contribution in [3.05, 3.63) is 18.3 Å². The van der Waals surface area contributed by atoms with Crippen LogP contribution in [-0.4, -0.2) is 30.8 Å². The second-order valence-corrected chi connectivity index (χ2v) is 4.67. The van der Waals surface area contributed by atoms with Crippen molar-refractivity contribution in [2.75, 3.05) is 19.0 Å². The van der Waals surface area contributed by atoms with Crippen LogP contribution in [0.25, 0.3) is 0 Å². The second-order valence-electron chi connectivity index (χ2n) is 4.67. The molecule has 18 heavy (non-hydrogen) atoms. The standard InChI is InChI=1S/C14H22N2O2/c1-3-15-14-10-13(7-8-16-14)18-12-6-4-5-11(9-12)17-2/h7-8,10-12H,3-6,9H2,1-2H3,(H,15,16). The van der Waals surface area contributed by atoms with Gasteiger partial charge in [0.05, 0.1) is 6.10 Å². The maximum atomic E-state index is 6.01. The van der Waals surface area contributed by atoms with E-state index < -0.39 is 0 Å². The van der Waals surface area contributed by atoms with Crippen LogP contribution < -0.4 is 10.1 Å². The molecule has 1 fully saturated rings. The first-order valence-electron chi connectivity index (χ1n) is 6.71. The summed E-state index contributed by atoms with van der Waals surface area (Å²) < 4.78 is 11.4. The average molecular weight is 250 g/mol. The van der Waals surface area contributed by atoms with Gasteiger partial charge in [0.25, 0.3) is 0 Å². The van der Waals surface area contributed by atoms with Crippen molar-refractivity contribution in [1.82, 2.24) is 4.98 Å². The van der Waals surface area contributed by atoms with Crippen LogP contribution in [-0.2, 0) is 4.74 Å². The number of nitrogens with zero attached hydrogens (tertiary/aromatic N) is 1. The monoisotopic (exact) mass is 250 g/mol. The molecule has 0 aromatic carbocycles. The molecule has 0 saturated heterocycles. The second kappa shape index (κ2) is 6.59. The lowest BCUT2D eigenvalue weighted by Gasteiger charge is -2.28. The van der Waals surface area contributed by atoms with Gasteiger partial charge in [-0.1, -0.05) is 0 Å². The Balaban J connectivity index is 1.93. The Hall–Kier alpha value is -1.29. The fourth-order valence-corrected chi connectivity index (χ4v) is 2.38. The largest absolute Gasteiger partial charge is 0.490 e. The SMILES string of the molecule is CCNc1cc(OC2CCCC(OC)C2)ccn1. The van der Waals surface area contributed by atoms with Crippen LogP contribution in [0, 0.1) is 0 Å². The minimum atomic E-state index is 0.264. The van der Waals surface area contributed by atoms with Gasteiger partial charge >= 0.3 is 0 Å². The van der Waals surface area contributed by atoms with Gasteiger partial charge in [0.2, 0.25) is 0 Å². The van der Waals surface area contributed by atoms with E-state index in [9.17, 15) is 0 Å². The van der Waals surface area contributed by atoms with Crippen molar-refractivity contribution < 1.29 is 9.47 Å². The predicted octanol–water partition coefficient (Wildman–Crippen LogP) is 2.85. The van der Waals surface area contributed by atoms with Gasteiger partial charge < -0.3 is 14.8 Å². The number of ether oxygens (including phenoxy) is 2. The molecule has 1 N–H and O–H groups in total. The molecular weight excluding hydrogens is 228 g/mol. The highest BCUT2D eigenvalue weighted by Crippen LogP contribution is 2.25. The number of rotatable bonds is 5. The first-order chi connectivity index (χ1) is 8.81. The van der Waals surface area contributed by atoms with Gasteiger partial charge in [0.1, 0.15) is 17.7 Å². The Morgan fingerprint density at radius 2 is 2.22 bits per heavy atom. The zero-order valence-corrected chi connectivity index (χ0v) is 11.2. The third-order valence-electron chi connectivity index (χ3n) is 3.30. The number of hydrogen-bond acceptors (Lipinski definition) is 4. The Morgan fingerprint density at radius 1 is 1.39 bits per heavy atom. The quantitative estimate of drug-likeness (QED) is 0.872. The van der Waals surface area contributed by atoms with Gasteiger partial charge in [-0.05, 0) is 32.3 Å². The van der Waals surface area contributed by atoms with E-state index in [4.69, 9.17) is 9.47 Å². The third kappa shape index (κ3) is 3.60. The lowest BCUT2D eigenvalue weighted by Crippen LogP contribution is -2.29. The Morgan fingerprint density at radius 3 is 3.00 bits per heavy atom. The van der Waals surface area contributed by atoms with Crippen LogP contribution in [0.3, 0.4) is 0 Å². The van der Waals surface area contributed by atoms with Gasteiger partial charge in [-0.15, -0.1) is 0 Å². The van der Waals surface area contributed by atoms with E-state index in [-0.39, 0.29) is 6.10 Å². The first-order valence-corrected chi connectivity index (χ1v) is 6.71. The molecule has 1 aliphatic carbocycles. The number of methoxy groups -OCH3 is 1. The van der Waals surface area contributed by atoms with Crippen LogP contribution in [0.15, 0.2) is 18.3 Å². The zero-order valence-electron chi connectivity index (χ0n) is 11.2. The molecule has 0 bridgehead atoms. The zero-order chi connectivity index (χ0) is 12.8. The van der Waals surface area contributed by atoms with Crippen molar-refractivity contribution in [3.8, 4) is 5.75 Å². The molecule has 2 atom stereocenters. The van der Waals surface area contributed by atoms with Crippen molar-refractivity contribution in [1.29, 1.82) is 0 Å². The molecular formula is C14H22N2O2. The van der Waals surface area contributed by atoms with E-state index in [1.54, 1.807) is 13.3 Å². The molecule has 2 rings (SSSR count). The molecule has 1 aromatic rings. The van der Waals surface area contributed by atoms with E-state index in [0.717, 1.165) is 37.4 Å². The maximum Gasteiger partial charge on any atom is 0.129 e. The number of hydrogen-bond donors (Lipinski definition) is 1. The predicted molar refractivity (Wildman–Crippen MR) is 72.1 cm³/mol. The topological polar surface area (TPSA) is 43.4 Å². The van der Waals surface area contributed by atoms with Gasteiger partial charge in [-0.25, -0.2) is 4.98 Å². The van der Waals surface area contributed by atoms with Gasteiger partial charge in [0, 0.05) is 32.3 Å². The summed E-state index contributed by atoms with van der Waals surface area (Å²) in [6.07, 6.45) is 6.81. The summed E-state index contributed by atoms with van der Waals surface area (Å²) in [6, 6.07) is 3.87. The summed E-state index contributed by atoms with van der Waals surface area (Å²) in [7, 11) is 1.78. The first kappa shape index (κ1) is 13.1. The summed E-state index contributed by atoms with van der Waals surface area (Å²) in [6.45, 7) is 2.92. The fourth-order valence-electron chi connectivity index (χ4n) is 2.38. The highest BCUT2D eigenvalue weighted by atomic mass is 16.5. The van der Waals surface area contributed by atoms with Gasteiger partial charge in [-0.2, -0.15) is 0 Å². The van der Waals surface area contributed by atoms with Crippen molar-refractivity contribution >= 4 is 5.82 Å². The summed E-state index contributed by atoms with van der Waals surface area (Å²) in [5, 5.41) is 3.19. The smallest absolute Gasteiger partial charge is 0.129 e. The van der Waals surface area contributed by atoms with Crippen LogP contribution in [0.4, 0.5) is 5.82 Å². The van der Waals surface area contributed by atoms with E-state index >= 15 is 0 Å². The molecule has 0 radical (unpaired) electrons. The summed E-state index contributed by atoms with van der Waals surface area (Å²) in [5.41, 5.74) is 0. The van der Waals surface area contributed by atoms with Gasteiger partial charge in [0.15, 0.2) is 0 Å². The minimum Gasteiger partial charge on any atom is -0.490 e. The summed E-state index contributed by atoms with van der Waals surface area (Å²) >= 11 is 0. The summed E-state index contributed by atoms with van der Waals surface area (Å²) in [5.74, 6) is 1.76. The molecule has 0 amide bonds. The van der Waals surface area contributed by atoms with Crippen molar-refractivity contribution in [2.24, 2.45) is 0 Å². The van der Waals surface area contributed by atoms with Crippen molar-refractivity contribution in [3.63, 3.8) is 0 Å². The molecule has 0 aliphatic heterocycles. The highest BCUT2D eigenvalue weighted by molar-refractivity contribution is 5.40. The molecule has 4 heteroatoms. The Bertz CT molecular complexity index is 371. The molecule has 1 aromatic heterocycles. The normalized spacial score (nSPS) is 23.7. The fraction of sp³-hybridized carbons (Fsp3) is 0.643. The molecule has 0 spiro atoms. The number of nitrogens with one attached hydrogen (secondary N) is 1. The molecule has 1 aliphatic rings. The average Bonchev–Trinajstić information content (AvgIpc) is 2.40. The van der Waals surface area contributed by atoms with Gasteiger partial charge in [-0.3, -0.25) is 0 Å². The Labute approximate surface area is 109 Å². The van der Waals surface area contributed by atoms with Crippen LogP contribution in [0.2, 0.25) is 0 Å². The number of anilines is 1. The Kier molecular flexibility index (Phi) is 4.81. The molecule has 1 heterocycles. The lowest BCUT2D eigenvalue weighted by molar-refractivity contribution is 0.0210. The van der Waals surface area contributed by atoms with E-state index in [0.29, 0.717) is 6.10 Å². The minimum absolute atomic E-state index is 0.264. The summed E-state index contributed by atoms with van der Waals surface area (Å²) in [4.78, 5) is 4.24. The van der Waals surface area contributed by atoms with Crippen LogP contribution in [0.5, 0.6) is 5.75 Å². The number of pyridine rings is 1. The molecule has 4 nitrogen and oxygen atoms in total. The lowest BCUT2D eigenvalue weighted by atomic mass is 9.95. The molecule has 100 valence electrons. The molecule has 1 saturated carbocycles. The highest BCUT2D eigenvalue weighted by Gasteiger charge is 2.23. The van der Waals surface area contributed by atoms with E-state index in [1.807, 2.05) is 12.1 Å².